The van der Waals surface area contributed by atoms with Crippen molar-refractivity contribution in [3.63, 3.8) is 0 Å². The Morgan fingerprint density at radius 1 is 1.53 bits per heavy atom. The summed E-state index contributed by atoms with van der Waals surface area (Å²) >= 11 is 11.2. The fraction of sp³-hybridized carbons (Fsp3) is 0.250. The third kappa shape index (κ3) is 2.44. The van der Waals surface area contributed by atoms with E-state index >= 15 is 0 Å². The first-order valence-electron chi connectivity index (χ1n) is 5.28. The monoisotopic (exact) mass is 268 g/mol. The van der Waals surface area contributed by atoms with E-state index in [0.717, 1.165) is 11.3 Å². The van der Waals surface area contributed by atoms with E-state index in [2.05, 4.69) is 4.98 Å². The molecule has 2 rings (SSSR count). The van der Waals surface area contributed by atoms with Crippen LogP contribution >= 0.6 is 23.8 Å². The first-order valence-corrected chi connectivity index (χ1v) is 6.07. The van der Waals surface area contributed by atoms with Gasteiger partial charge in [0, 0.05) is 11.2 Å². The second-order valence-corrected chi connectivity index (χ2v) is 4.67. The summed E-state index contributed by atoms with van der Waals surface area (Å²) in [7, 11) is 0. The van der Waals surface area contributed by atoms with Gasteiger partial charge in [-0.2, -0.15) is 0 Å². The molecule has 0 radical (unpaired) electrons. The van der Waals surface area contributed by atoms with Gasteiger partial charge in [-0.1, -0.05) is 23.7 Å². The van der Waals surface area contributed by atoms with Crippen LogP contribution in [0.5, 0.6) is 0 Å². The Bertz CT molecular complexity index is 576. The Balaban J connectivity index is 2.46. The highest BCUT2D eigenvalue weighted by molar-refractivity contribution is 7.71. The van der Waals surface area contributed by atoms with Crippen LogP contribution in [0.1, 0.15) is 24.2 Å². The van der Waals surface area contributed by atoms with Crippen LogP contribution in [0.15, 0.2) is 30.5 Å². The lowest BCUT2D eigenvalue weighted by atomic mass is 10.1. The quantitative estimate of drug-likeness (QED) is 0.839. The number of hydrogen-bond donors (Lipinski definition) is 2. The van der Waals surface area contributed by atoms with Crippen molar-refractivity contribution < 1.29 is 5.11 Å². The van der Waals surface area contributed by atoms with E-state index < -0.39 is 0 Å². The molecule has 0 amide bonds. The maximum Gasteiger partial charge on any atom is 0.177 e. The number of halogens is 1. The number of benzene rings is 1. The van der Waals surface area contributed by atoms with E-state index in [1.807, 2.05) is 35.8 Å². The molecule has 1 aromatic carbocycles. The first-order chi connectivity index (χ1) is 8.13. The molecule has 0 aliphatic rings. The van der Waals surface area contributed by atoms with Crippen LogP contribution in [-0.2, 0) is 6.61 Å². The average Bonchev–Trinajstić information content (AvgIpc) is 2.69. The third-order valence-corrected chi connectivity index (χ3v) is 3.32. The number of imidazole rings is 1. The van der Waals surface area contributed by atoms with Crippen molar-refractivity contribution in [1.82, 2.24) is 9.55 Å². The average molecular weight is 269 g/mol. The summed E-state index contributed by atoms with van der Waals surface area (Å²) in [6, 6.07) is 7.67. The molecule has 1 atom stereocenters. The zero-order valence-corrected chi connectivity index (χ0v) is 10.9. The topological polar surface area (TPSA) is 41.0 Å². The Kier molecular flexibility index (Phi) is 3.66. The van der Waals surface area contributed by atoms with Crippen molar-refractivity contribution in [3.8, 4) is 0 Å². The molecule has 2 aromatic rings. The molecule has 0 aliphatic carbocycles. The lowest BCUT2D eigenvalue weighted by Gasteiger charge is -2.16. The van der Waals surface area contributed by atoms with Crippen LogP contribution in [0.2, 0.25) is 5.02 Å². The van der Waals surface area contributed by atoms with Crippen molar-refractivity contribution in [2.24, 2.45) is 0 Å². The second-order valence-electron chi connectivity index (χ2n) is 3.84. The Labute approximate surface area is 110 Å². The molecule has 3 nitrogen and oxygen atoms in total. The summed E-state index contributed by atoms with van der Waals surface area (Å²) in [6.07, 6.45) is 1.73. The SMILES string of the molecule is CC(c1cccc(Cl)c1)n1c(CO)c[nH]c1=S. The number of aliphatic hydroxyl groups is 1. The number of nitrogens with zero attached hydrogens (tertiary/aromatic N) is 1. The maximum atomic E-state index is 9.27. The fourth-order valence-electron chi connectivity index (χ4n) is 1.88. The zero-order valence-electron chi connectivity index (χ0n) is 9.35. The molecule has 0 saturated heterocycles. The third-order valence-electron chi connectivity index (χ3n) is 2.77. The van der Waals surface area contributed by atoms with Gasteiger partial charge in [-0.05, 0) is 36.8 Å². The molecule has 5 heteroatoms. The normalized spacial score (nSPS) is 12.6. The van der Waals surface area contributed by atoms with Crippen molar-refractivity contribution >= 4 is 23.8 Å². The van der Waals surface area contributed by atoms with Crippen molar-refractivity contribution in [3.05, 3.63) is 51.5 Å². The van der Waals surface area contributed by atoms with E-state index in [9.17, 15) is 5.11 Å². The van der Waals surface area contributed by atoms with Crippen molar-refractivity contribution in [2.75, 3.05) is 0 Å². The molecule has 1 heterocycles. The van der Waals surface area contributed by atoms with Gasteiger partial charge >= 0.3 is 0 Å². The predicted octanol–water partition coefficient (Wildman–Crippen LogP) is 3.30. The van der Waals surface area contributed by atoms with Crippen molar-refractivity contribution in [2.45, 2.75) is 19.6 Å². The van der Waals surface area contributed by atoms with Crippen LogP contribution in [0.4, 0.5) is 0 Å². The van der Waals surface area contributed by atoms with E-state index in [4.69, 9.17) is 23.8 Å². The number of aromatic amines is 1. The number of rotatable bonds is 3. The summed E-state index contributed by atoms with van der Waals surface area (Å²) in [6.45, 7) is 1.98. The Hall–Kier alpha value is -1.10. The van der Waals surface area contributed by atoms with Gasteiger partial charge in [0.1, 0.15) is 0 Å². The Morgan fingerprint density at radius 3 is 2.94 bits per heavy atom. The number of H-pyrrole nitrogens is 1. The van der Waals surface area contributed by atoms with E-state index in [-0.39, 0.29) is 12.6 Å². The fourth-order valence-corrected chi connectivity index (χ4v) is 2.41. The first kappa shape index (κ1) is 12.4. The lowest BCUT2D eigenvalue weighted by Crippen LogP contribution is -2.10. The van der Waals surface area contributed by atoms with Gasteiger partial charge in [0.05, 0.1) is 18.3 Å². The van der Waals surface area contributed by atoms with Gasteiger partial charge in [-0.25, -0.2) is 0 Å². The number of nitrogens with one attached hydrogen (secondary N) is 1. The summed E-state index contributed by atoms with van der Waals surface area (Å²) < 4.78 is 2.49. The molecule has 90 valence electrons. The molecule has 0 fully saturated rings. The minimum Gasteiger partial charge on any atom is -0.390 e. The number of aliphatic hydroxyl groups excluding tert-OH is 1. The summed E-state index contributed by atoms with van der Waals surface area (Å²) in [5, 5.41) is 9.97. The van der Waals surface area contributed by atoms with Crippen LogP contribution in [0, 0.1) is 4.77 Å². The summed E-state index contributed by atoms with van der Waals surface area (Å²) in [5.74, 6) is 0. The van der Waals surface area contributed by atoms with E-state index in [1.54, 1.807) is 6.20 Å². The van der Waals surface area contributed by atoms with Crippen LogP contribution in [-0.4, -0.2) is 14.7 Å². The van der Waals surface area contributed by atoms with Crippen LogP contribution in [0.3, 0.4) is 0 Å². The van der Waals surface area contributed by atoms with Crippen LogP contribution < -0.4 is 0 Å². The lowest BCUT2D eigenvalue weighted by molar-refractivity contribution is 0.269. The molecule has 0 bridgehead atoms. The molecule has 0 saturated carbocycles. The molecule has 17 heavy (non-hydrogen) atoms. The molecule has 1 unspecified atom stereocenters. The standard InChI is InChI=1S/C12H13ClN2OS/c1-8(9-3-2-4-10(13)5-9)15-11(7-16)6-14-12(15)17/h2-6,8,16H,7H2,1H3,(H,14,17). The molecular weight excluding hydrogens is 256 g/mol. The van der Waals surface area contributed by atoms with Gasteiger partial charge < -0.3 is 14.7 Å². The minimum absolute atomic E-state index is 0.0367. The molecular formula is C12H13ClN2OS. The molecule has 0 aliphatic heterocycles. The largest absolute Gasteiger partial charge is 0.390 e. The van der Waals surface area contributed by atoms with Gasteiger partial charge in [0.25, 0.3) is 0 Å². The zero-order chi connectivity index (χ0) is 12.4. The highest BCUT2D eigenvalue weighted by Crippen LogP contribution is 2.23. The minimum atomic E-state index is -0.0436. The smallest absolute Gasteiger partial charge is 0.177 e. The van der Waals surface area contributed by atoms with Gasteiger partial charge in [-0.3, -0.25) is 0 Å². The molecule has 2 N–H and O–H groups in total. The van der Waals surface area contributed by atoms with E-state index in [1.165, 1.54) is 0 Å². The number of aromatic nitrogens is 2. The second kappa shape index (κ2) is 5.04. The van der Waals surface area contributed by atoms with Gasteiger partial charge in [0.2, 0.25) is 0 Å². The van der Waals surface area contributed by atoms with Crippen LogP contribution in [0.25, 0.3) is 0 Å². The van der Waals surface area contributed by atoms with Gasteiger partial charge in [-0.15, -0.1) is 0 Å². The predicted molar refractivity (Wildman–Crippen MR) is 70.8 cm³/mol. The van der Waals surface area contributed by atoms with E-state index in [0.29, 0.717) is 9.79 Å². The van der Waals surface area contributed by atoms with Gasteiger partial charge in [0.15, 0.2) is 4.77 Å². The van der Waals surface area contributed by atoms with Crippen molar-refractivity contribution in [1.29, 1.82) is 0 Å². The maximum absolute atomic E-state index is 9.27. The molecule has 0 spiro atoms. The summed E-state index contributed by atoms with van der Waals surface area (Å²) in [4.78, 5) is 2.94. The highest BCUT2D eigenvalue weighted by Gasteiger charge is 2.12. The Morgan fingerprint density at radius 2 is 2.29 bits per heavy atom. The summed E-state index contributed by atoms with van der Waals surface area (Å²) in [5.41, 5.74) is 1.82. The highest BCUT2D eigenvalue weighted by atomic mass is 35.5. The number of hydrogen-bond acceptors (Lipinski definition) is 2. The molecule has 1 aromatic heterocycles.